The van der Waals surface area contributed by atoms with Gasteiger partial charge < -0.3 is 15.6 Å². The van der Waals surface area contributed by atoms with Crippen LogP contribution in [0, 0.1) is 0 Å². The minimum Gasteiger partial charge on any atom is -0.497 e. The highest BCUT2D eigenvalue weighted by Crippen LogP contribution is 2.14. The van der Waals surface area contributed by atoms with E-state index in [0.29, 0.717) is 0 Å². The number of ether oxygens (including phenoxy) is 1. The lowest BCUT2D eigenvalue weighted by Crippen LogP contribution is -2.26. The Morgan fingerprint density at radius 3 is 3.08 bits per heavy atom. The first kappa shape index (κ1) is 9.55. The van der Waals surface area contributed by atoms with E-state index in [1.807, 2.05) is 0 Å². The SMILES string of the molecule is NC(CCCO)C1=CCCCO1. The van der Waals surface area contributed by atoms with Gasteiger partial charge in [-0.25, -0.2) is 0 Å². The summed E-state index contributed by atoms with van der Waals surface area (Å²) in [6.07, 6.45) is 5.79. The van der Waals surface area contributed by atoms with Gasteiger partial charge in [0.1, 0.15) is 5.76 Å². The molecule has 12 heavy (non-hydrogen) atoms. The number of allylic oxidation sites excluding steroid dienone is 1. The lowest BCUT2D eigenvalue weighted by molar-refractivity contribution is 0.170. The van der Waals surface area contributed by atoms with Crippen LogP contribution >= 0.6 is 0 Å². The lowest BCUT2D eigenvalue weighted by Gasteiger charge is -2.20. The van der Waals surface area contributed by atoms with Gasteiger partial charge in [-0.15, -0.1) is 0 Å². The monoisotopic (exact) mass is 171 g/mol. The van der Waals surface area contributed by atoms with Gasteiger partial charge in [-0.1, -0.05) is 0 Å². The van der Waals surface area contributed by atoms with Crippen LogP contribution in [0.3, 0.4) is 0 Å². The summed E-state index contributed by atoms with van der Waals surface area (Å²) in [5, 5.41) is 8.60. The third kappa shape index (κ3) is 2.83. The maximum atomic E-state index is 8.60. The maximum absolute atomic E-state index is 8.60. The molecule has 0 saturated carbocycles. The summed E-state index contributed by atoms with van der Waals surface area (Å²) in [6.45, 7) is 1.000. The molecule has 1 aliphatic heterocycles. The summed E-state index contributed by atoms with van der Waals surface area (Å²) in [6, 6.07) is -0.0163. The number of aliphatic hydroxyl groups is 1. The van der Waals surface area contributed by atoms with Crippen LogP contribution in [-0.4, -0.2) is 24.4 Å². The molecule has 0 spiro atoms. The molecule has 0 aromatic heterocycles. The van der Waals surface area contributed by atoms with Gasteiger partial charge in [0.2, 0.25) is 0 Å². The molecule has 3 nitrogen and oxygen atoms in total. The van der Waals surface area contributed by atoms with Crippen molar-refractivity contribution in [1.29, 1.82) is 0 Å². The summed E-state index contributed by atoms with van der Waals surface area (Å²) in [5.74, 6) is 0.912. The Hall–Kier alpha value is -0.540. The topological polar surface area (TPSA) is 55.5 Å². The molecule has 0 aliphatic carbocycles. The van der Waals surface area contributed by atoms with Gasteiger partial charge in [0.25, 0.3) is 0 Å². The molecule has 0 saturated heterocycles. The second-order valence-corrected chi connectivity index (χ2v) is 3.07. The average molecular weight is 171 g/mol. The van der Waals surface area contributed by atoms with Gasteiger partial charge in [0.05, 0.1) is 12.6 Å². The predicted octanol–water partition coefficient (Wildman–Crippen LogP) is 0.780. The van der Waals surface area contributed by atoms with E-state index < -0.39 is 0 Å². The van der Waals surface area contributed by atoms with Crippen molar-refractivity contribution in [2.45, 2.75) is 31.7 Å². The van der Waals surface area contributed by atoms with Crippen LogP contribution in [0.2, 0.25) is 0 Å². The molecule has 0 amide bonds. The zero-order chi connectivity index (χ0) is 8.81. The Morgan fingerprint density at radius 1 is 1.67 bits per heavy atom. The van der Waals surface area contributed by atoms with Crippen LogP contribution in [0.5, 0.6) is 0 Å². The first-order valence-electron chi connectivity index (χ1n) is 4.54. The molecular formula is C9H17NO2. The molecule has 1 heterocycles. The maximum Gasteiger partial charge on any atom is 0.109 e. The number of rotatable bonds is 4. The summed E-state index contributed by atoms with van der Waals surface area (Å²) in [5.41, 5.74) is 5.83. The lowest BCUT2D eigenvalue weighted by atomic mass is 10.1. The third-order valence-electron chi connectivity index (χ3n) is 2.00. The Morgan fingerprint density at radius 2 is 2.50 bits per heavy atom. The zero-order valence-electron chi connectivity index (χ0n) is 7.33. The summed E-state index contributed by atoms with van der Waals surface area (Å²) >= 11 is 0. The Balaban J connectivity index is 2.29. The van der Waals surface area contributed by atoms with E-state index in [0.717, 1.165) is 38.0 Å². The molecule has 0 aromatic rings. The van der Waals surface area contributed by atoms with E-state index in [-0.39, 0.29) is 12.6 Å². The van der Waals surface area contributed by atoms with Crippen molar-refractivity contribution in [2.75, 3.05) is 13.2 Å². The Kier molecular flexibility index (Phi) is 4.11. The normalized spacial score (nSPS) is 19.7. The number of aliphatic hydroxyl groups excluding tert-OH is 1. The molecular weight excluding hydrogens is 154 g/mol. The van der Waals surface area contributed by atoms with Gasteiger partial charge in [-0.3, -0.25) is 0 Å². The van der Waals surface area contributed by atoms with E-state index in [4.69, 9.17) is 15.6 Å². The van der Waals surface area contributed by atoms with Crippen molar-refractivity contribution in [3.05, 3.63) is 11.8 Å². The number of hydrogen-bond donors (Lipinski definition) is 2. The van der Waals surface area contributed by atoms with Crippen molar-refractivity contribution < 1.29 is 9.84 Å². The van der Waals surface area contributed by atoms with Crippen molar-refractivity contribution in [3.8, 4) is 0 Å². The van der Waals surface area contributed by atoms with Gasteiger partial charge in [0, 0.05) is 6.61 Å². The van der Waals surface area contributed by atoms with E-state index in [9.17, 15) is 0 Å². The third-order valence-corrected chi connectivity index (χ3v) is 2.00. The number of hydrogen-bond acceptors (Lipinski definition) is 3. The second kappa shape index (κ2) is 5.17. The Labute approximate surface area is 73.2 Å². The largest absolute Gasteiger partial charge is 0.497 e. The smallest absolute Gasteiger partial charge is 0.109 e. The fraction of sp³-hybridized carbons (Fsp3) is 0.778. The highest BCUT2D eigenvalue weighted by molar-refractivity contribution is 5.03. The molecule has 0 radical (unpaired) electrons. The van der Waals surface area contributed by atoms with Crippen molar-refractivity contribution >= 4 is 0 Å². The first-order valence-corrected chi connectivity index (χ1v) is 4.54. The standard InChI is InChI=1S/C9H17NO2/c10-8(4-3-6-11)9-5-1-2-7-12-9/h5,8,11H,1-4,6-7,10H2. The average Bonchev–Trinajstić information content (AvgIpc) is 2.15. The molecule has 0 bridgehead atoms. The van der Waals surface area contributed by atoms with E-state index >= 15 is 0 Å². The second-order valence-electron chi connectivity index (χ2n) is 3.07. The summed E-state index contributed by atoms with van der Waals surface area (Å²) in [7, 11) is 0. The predicted molar refractivity (Wildman–Crippen MR) is 47.6 cm³/mol. The van der Waals surface area contributed by atoms with Crippen molar-refractivity contribution in [3.63, 3.8) is 0 Å². The highest BCUT2D eigenvalue weighted by Gasteiger charge is 2.12. The van der Waals surface area contributed by atoms with Crippen LogP contribution in [0.15, 0.2) is 11.8 Å². The van der Waals surface area contributed by atoms with Gasteiger partial charge in [-0.2, -0.15) is 0 Å². The molecule has 70 valence electrons. The quantitative estimate of drug-likeness (QED) is 0.657. The molecule has 1 aliphatic rings. The van der Waals surface area contributed by atoms with Crippen LogP contribution < -0.4 is 5.73 Å². The van der Waals surface area contributed by atoms with Gasteiger partial charge >= 0.3 is 0 Å². The van der Waals surface area contributed by atoms with E-state index in [2.05, 4.69) is 6.08 Å². The van der Waals surface area contributed by atoms with Crippen LogP contribution in [0.1, 0.15) is 25.7 Å². The van der Waals surface area contributed by atoms with Crippen LogP contribution in [-0.2, 0) is 4.74 Å². The van der Waals surface area contributed by atoms with Gasteiger partial charge in [-0.05, 0) is 31.8 Å². The molecule has 1 rings (SSSR count). The Bertz CT molecular complexity index is 157. The molecule has 0 aromatic carbocycles. The van der Waals surface area contributed by atoms with Crippen molar-refractivity contribution in [2.24, 2.45) is 5.73 Å². The first-order chi connectivity index (χ1) is 5.84. The van der Waals surface area contributed by atoms with Crippen molar-refractivity contribution in [1.82, 2.24) is 0 Å². The summed E-state index contributed by atoms with van der Waals surface area (Å²) < 4.78 is 5.39. The van der Waals surface area contributed by atoms with Crippen LogP contribution in [0.4, 0.5) is 0 Å². The molecule has 1 unspecified atom stereocenters. The molecule has 1 atom stereocenters. The molecule has 0 fully saturated rings. The number of nitrogens with two attached hydrogens (primary N) is 1. The minimum absolute atomic E-state index is 0.0163. The highest BCUT2D eigenvalue weighted by atomic mass is 16.5. The fourth-order valence-corrected chi connectivity index (χ4v) is 1.29. The van der Waals surface area contributed by atoms with E-state index in [1.54, 1.807) is 0 Å². The minimum atomic E-state index is -0.0163. The van der Waals surface area contributed by atoms with E-state index in [1.165, 1.54) is 0 Å². The van der Waals surface area contributed by atoms with Gasteiger partial charge in [0.15, 0.2) is 0 Å². The summed E-state index contributed by atoms with van der Waals surface area (Å²) in [4.78, 5) is 0. The zero-order valence-corrected chi connectivity index (χ0v) is 7.33. The fourth-order valence-electron chi connectivity index (χ4n) is 1.29. The molecule has 3 heteroatoms. The van der Waals surface area contributed by atoms with Crippen LogP contribution in [0.25, 0.3) is 0 Å². The molecule has 3 N–H and O–H groups in total.